The van der Waals surface area contributed by atoms with E-state index in [9.17, 15) is 18.8 Å². The molecule has 0 aliphatic rings. The number of nitrogens with two attached hydrogens (primary N) is 1. The monoisotopic (exact) mass is 363 g/mol. The molecule has 0 aliphatic heterocycles. The molecule has 0 aliphatic carbocycles. The van der Waals surface area contributed by atoms with Gasteiger partial charge in [0, 0.05) is 19.3 Å². The normalized spacial score (nSPS) is 10.6. The number of nitrogens with one attached hydrogen (secondary N) is 2. The van der Waals surface area contributed by atoms with E-state index in [0.717, 1.165) is 12.8 Å². The van der Waals surface area contributed by atoms with Gasteiger partial charge in [-0.25, -0.2) is 9.18 Å². The van der Waals surface area contributed by atoms with Crippen LogP contribution in [0.25, 0.3) is 0 Å². The Balaban J connectivity index is 2.20. The summed E-state index contributed by atoms with van der Waals surface area (Å²) in [5, 5.41) is 2.54. The molecule has 2 aromatic rings. The molecule has 8 nitrogen and oxygen atoms in total. The van der Waals surface area contributed by atoms with E-state index >= 15 is 0 Å². The molecule has 1 heterocycles. The van der Waals surface area contributed by atoms with Crippen molar-refractivity contribution in [1.82, 2.24) is 9.55 Å². The van der Waals surface area contributed by atoms with Crippen LogP contribution in [0.3, 0.4) is 0 Å². The summed E-state index contributed by atoms with van der Waals surface area (Å²) in [6.45, 7) is 2.14. The standard InChI is InChI=1S/C17H22FN5O3/c1-3-4-8-23-15(19)14(16(25)21-17(23)26)22(2)10-13(24)20-12-7-5-6-11(18)9-12/h5-7,9H,3-4,8,10,19H2,1-2H3,(H,20,24)(H,21,25,26). The number of benzene rings is 1. The molecular formula is C17H22FN5O3. The quantitative estimate of drug-likeness (QED) is 0.682. The van der Waals surface area contributed by atoms with Crippen LogP contribution < -0.4 is 27.2 Å². The van der Waals surface area contributed by atoms with Crippen molar-refractivity contribution in [3.63, 3.8) is 0 Å². The summed E-state index contributed by atoms with van der Waals surface area (Å²) < 4.78 is 14.5. The highest BCUT2D eigenvalue weighted by Crippen LogP contribution is 2.16. The number of likely N-dealkylation sites (N-methyl/N-ethyl adjacent to an activating group) is 1. The Kier molecular flexibility index (Phi) is 6.16. The first kappa shape index (κ1) is 19.2. The number of carbonyl (C=O) groups excluding carboxylic acids is 1. The van der Waals surface area contributed by atoms with E-state index < -0.39 is 23.0 Å². The van der Waals surface area contributed by atoms with E-state index in [1.807, 2.05) is 6.92 Å². The second-order valence-electron chi connectivity index (χ2n) is 5.91. The molecule has 0 unspecified atom stereocenters. The molecule has 0 atom stereocenters. The Morgan fingerprint density at radius 1 is 1.38 bits per heavy atom. The van der Waals surface area contributed by atoms with Crippen LogP contribution in [-0.4, -0.2) is 29.1 Å². The number of carbonyl (C=O) groups is 1. The van der Waals surface area contributed by atoms with Gasteiger partial charge in [0.05, 0.1) is 6.54 Å². The van der Waals surface area contributed by atoms with Gasteiger partial charge in [-0.15, -0.1) is 0 Å². The number of halogens is 1. The topological polar surface area (TPSA) is 113 Å². The van der Waals surface area contributed by atoms with Crippen LogP contribution in [0.5, 0.6) is 0 Å². The number of aromatic amines is 1. The minimum Gasteiger partial charge on any atom is -0.383 e. The van der Waals surface area contributed by atoms with Crippen LogP contribution in [-0.2, 0) is 11.3 Å². The van der Waals surface area contributed by atoms with Crippen LogP contribution in [0, 0.1) is 5.82 Å². The van der Waals surface area contributed by atoms with Gasteiger partial charge in [-0.05, 0) is 24.6 Å². The van der Waals surface area contributed by atoms with Crippen LogP contribution >= 0.6 is 0 Å². The van der Waals surface area contributed by atoms with Gasteiger partial charge in [-0.1, -0.05) is 19.4 Å². The highest BCUT2D eigenvalue weighted by atomic mass is 19.1. The number of H-pyrrole nitrogens is 1. The Labute approximate surface area is 149 Å². The first-order chi connectivity index (χ1) is 12.3. The summed E-state index contributed by atoms with van der Waals surface area (Å²) in [6.07, 6.45) is 1.57. The molecule has 0 saturated heterocycles. The second-order valence-corrected chi connectivity index (χ2v) is 5.91. The number of nitrogens with zero attached hydrogens (tertiary/aromatic N) is 2. The molecule has 9 heteroatoms. The lowest BCUT2D eigenvalue weighted by Gasteiger charge is -2.21. The van der Waals surface area contributed by atoms with Crippen LogP contribution in [0.1, 0.15) is 19.8 Å². The Morgan fingerprint density at radius 2 is 2.12 bits per heavy atom. The molecule has 4 N–H and O–H groups in total. The smallest absolute Gasteiger partial charge is 0.330 e. The minimum absolute atomic E-state index is 0.00764. The molecule has 0 radical (unpaired) electrons. The number of hydrogen-bond acceptors (Lipinski definition) is 5. The third-order valence-electron chi connectivity index (χ3n) is 3.82. The summed E-state index contributed by atoms with van der Waals surface area (Å²) in [5.41, 5.74) is 5.09. The summed E-state index contributed by atoms with van der Waals surface area (Å²) >= 11 is 0. The maximum atomic E-state index is 13.2. The van der Waals surface area contributed by atoms with Gasteiger partial charge in [-0.2, -0.15) is 0 Å². The summed E-state index contributed by atoms with van der Waals surface area (Å²) in [6, 6.07) is 5.47. The number of amides is 1. The molecular weight excluding hydrogens is 341 g/mol. The minimum atomic E-state index is -0.665. The molecule has 2 rings (SSSR count). The molecule has 0 bridgehead atoms. The van der Waals surface area contributed by atoms with E-state index in [1.165, 1.54) is 34.7 Å². The van der Waals surface area contributed by atoms with E-state index in [-0.39, 0.29) is 18.1 Å². The van der Waals surface area contributed by atoms with Gasteiger partial charge in [0.25, 0.3) is 5.56 Å². The highest BCUT2D eigenvalue weighted by Gasteiger charge is 2.18. The van der Waals surface area contributed by atoms with Gasteiger partial charge in [0.1, 0.15) is 17.3 Å². The van der Waals surface area contributed by atoms with E-state index in [0.29, 0.717) is 12.2 Å². The fourth-order valence-corrected chi connectivity index (χ4v) is 2.55. The first-order valence-electron chi connectivity index (χ1n) is 8.22. The van der Waals surface area contributed by atoms with Crippen LogP contribution in [0.4, 0.5) is 21.6 Å². The van der Waals surface area contributed by atoms with Crippen molar-refractivity contribution in [3.05, 3.63) is 50.9 Å². The Morgan fingerprint density at radius 3 is 2.77 bits per heavy atom. The summed E-state index contributed by atoms with van der Waals surface area (Å²) in [4.78, 5) is 39.8. The number of unbranched alkanes of at least 4 members (excludes halogenated alkanes) is 1. The van der Waals surface area contributed by atoms with Crippen molar-refractivity contribution >= 4 is 23.1 Å². The van der Waals surface area contributed by atoms with Crippen LogP contribution in [0.2, 0.25) is 0 Å². The predicted octanol–water partition coefficient (Wildman–Crippen LogP) is 1.13. The van der Waals surface area contributed by atoms with Crippen molar-refractivity contribution in [2.75, 3.05) is 29.5 Å². The number of nitrogen functional groups attached to an aromatic ring is 1. The lowest BCUT2D eigenvalue weighted by Crippen LogP contribution is -2.39. The fraction of sp³-hybridized carbons (Fsp3) is 0.353. The number of anilines is 3. The predicted molar refractivity (Wildman–Crippen MR) is 98.9 cm³/mol. The maximum Gasteiger partial charge on any atom is 0.330 e. The highest BCUT2D eigenvalue weighted by molar-refractivity contribution is 5.94. The second kappa shape index (κ2) is 8.32. The van der Waals surface area contributed by atoms with E-state index in [4.69, 9.17) is 5.73 Å². The lowest BCUT2D eigenvalue weighted by molar-refractivity contribution is -0.114. The van der Waals surface area contributed by atoms with Gasteiger partial charge >= 0.3 is 5.69 Å². The lowest BCUT2D eigenvalue weighted by atomic mass is 10.3. The third-order valence-corrected chi connectivity index (χ3v) is 3.82. The van der Waals surface area contributed by atoms with Crippen molar-refractivity contribution in [3.8, 4) is 0 Å². The number of hydrogen-bond donors (Lipinski definition) is 3. The maximum absolute atomic E-state index is 13.2. The molecule has 0 saturated carbocycles. The molecule has 26 heavy (non-hydrogen) atoms. The molecule has 0 fully saturated rings. The van der Waals surface area contributed by atoms with Gasteiger partial charge in [0.2, 0.25) is 5.91 Å². The summed E-state index contributed by atoms with van der Waals surface area (Å²) in [7, 11) is 1.51. The Bertz CT molecular complexity index is 906. The Hall–Kier alpha value is -3.10. The van der Waals surface area contributed by atoms with Gasteiger partial charge in [-0.3, -0.25) is 19.1 Å². The van der Waals surface area contributed by atoms with Gasteiger partial charge in [0.15, 0.2) is 0 Å². The molecule has 0 spiro atoms. The average molecular weight is 363 g/mol. The molecule has 1 amide bonds. The van der Waals surface area contributed by atoms with Crippen molar-refractivity contribution in [1.29, 1.82) is 0 Å². The zero-order valence-corrected chi connectivity index (χ0v) is 14.7. The van der Waals surface area contributed by atoms with Crippen molar-refractivity contribution in [2.45, 2.75) is 26.3 Å². The summed E-state index contributed by atoms with van der Waals surface area (Å²) in [5.74, 6) is -0.920. The largest absolute Gasteiger partial charge is 0.383 e. The van der Waals surface area contributed by atoms with E-state index in [2.05, 4.69) is 10.3 Å². The molecule has 140 valence electrons. The molecule has 1 aromatic heterocycles. The van der Waals surface area contributed by atoms with Crippen LogP contribution in [0.15, 0.2) is 33.9 Å². The van der Waals surface area contributed by atoms with E-state index in [1.54, 1.807) is 6.07 Å². The zero-order valence-electron chi connectivity index (χ0n) is 14.7. The van der Waals surface area contributed by atoms with Gasteiger partial charge < -0.3 is 16.0 Å². The SMILES string of the molecule is CCCCn1c(N)c(N(C)CC(=O)Nc2cccc(F)c2)c(=O)[nH]c1=O. The number of aromatic nitrogens is 2. The first-order valence-corrected chi connectivity index (χ1v) is 8.22. The van der Waals surface area contributed by atoms with Crippen molar-refractivity contribution < 1.29 is 9.18 Å². The molecule has 1 aromatic carbocycles. The zero-order chi connectivity index (χ0) is 19.3. The average Bonchev–Trinajstić information content (AvgIpc) is 2.54. The fourth-order valence-electron chi connectivity index (χ4n) is 2.55. The third kappa shape index (κ3) is 4.50. The number of rotatable bonds is 7. The van der Waals surface area contributed by atoms with Crippen molar-refractivity contribution in [2.24, 2.45) is 0 Å².